The molecule has 0 N–H and O–H groups in total. The number of aromatic nitrogens is 2. The first-order valence-electron chi connectivity index (χ1n) is 9.06. The molecule has 0 aliphatic heterocycles. The number of halogens is 1. The Labute approximate surface area is 171 Å². The lowest BCUT2D eigenvalue weighted by Crippen LogP contribution is -2.32. The van der Waals surface area contributed by atoms with E-state index in [0.29, 0.717) is 34.1 Å². The molecule has 0 unspecified atom stereocenters. The van der Waals surface area contributed by atoms with Crippen molar-refractivity contribution in [2.24, 2.45) is 0 Å². The molecule has 3 rings (SSSR count). The number of hydrogen-bond donors (Lipinski definition) is 0. The van der Waals surface area contributed by atoms with Gasteiger partial charge in [-0.3, -0.25) is 14.2 Å². The summed E-state index contributed by atoms with van der Waals surface area (Å²) in [5.41, 5.74) is 1.24. The van der Waals surface area contributed by atoms with Crippen LogP contribution in [0.15, 0.2) is 34.2 Å². The van der Waals surface area contributed by atoms with E-state index in [2.05, 4.69) is 4.98 Å². The second-order valence-electron chi connectivity index (χ2n) is 6.33. The van der Waals surface area contributed by atoms with Crippen LogP contribution in [0.3, 0.4) is 0 Å². The Hall–Kier alpha value is -2.19. The number of amides is 1. The Balaban J connectivity index is 2.12. The number of aryl methyl sites for hydroxylation is 2. The van der Waals surface area contributed by atoms with Gasteiger partial charge in [0, 0.05) is 18.0 Å². The van der Waals surface area contributed by atoms with E-state index in [1.54, 1.807) is 17.0 Å². The highest BCUT2D eigenvalue weighted by atomic mass is 32.2. The minimum Gasteiger partial charge on any atom is -0.343 e. The summed E-state index contributed by atoms with van der Waals surface area (Å²) in [5.74, 6) is -0.197. The fourth-order valence-corrected chi connectivity index (χ4v) is 4.97. The summed E-state index contributed by atoms with van der Waals surface area (Å²) in [6.07, 6.45) is 0. The molecule has 28 heavy (non-hydrogen) atoms. The Morgan fingerprint density at radius 1 is 1.21 bits per heavy atom. The molecule has 2 heterocycles. The summed E-state index contributed by atoms with van der Waals surface area (Å²) in [4.78, 5) is 33.8. The van der Waals surface area contributed by atoms with Crippen LogP contribution in [0.1, 0.15) is 24.3 Å². The molecule has 0 saturated carbocycles. The fraction of sp³-hybridized carbons (Fsp3) is 0.350. The van der Waals surface area contributed by atoms with Crippen LogP contribution in [0.4, 0.5) is 4.39 Å². The highest BCUT2D eigenvalue weighted by Gasteiger charge is 2.19. The van der Waals surface area contributed by atoms with Crippen LogP contribution in [-0.2, 0) is 4.79 Å². The maximum atomic E-state index is 13.4. The highest BCUT2D eigenvalue weighted by molar-refractivity contribution is 7.99. The number of nitrogens with zero attached hydrogens (tertiary/aromatic N) is 3. The number of hydrogen-bond acceptors (Lipinski definition) is 5. The minimum absolute atomic E-state index is 0.00598. The molecular weight excluding hydrogens is 397 g/mol. The van der Waals surface area contributed by atoms with Gasteiger partial charge >= 0.3 is 0 Å². The van der Waals surface area contributed by atoms with Crippen molar-refractivity contribution in [3.05, 3.63) is 50.9 Å². The first kappa shape index (κ1) is 20.5. The normalized spacial score (nSPS) is 11.2. The molecule has 8 heteroatoms. The third-order valence-electron chi connectivity index (χ3n) is 4.70. The molecule has 0 aliphatic rings. The smallest absolute Gasteiger partial charge is 0.267 e. The summed E-state index contributed by atoms with van der Waals surface area (Å²) in [5, 5.41) is 1.01. The Morgan fingerprint density at radius 2 is 1.86 bits per heavy atom. The van der Waals surface area contributed by atoms with Gasteiger partial charge < -0.3 is 4.90 Å². The molecule has 3 aromatic rings. The monoisotopic (exact) mass is 419 g/mol. The van der Waals surface area contributed by atoms with Gasteiger partial charge in [0.1, 0.15) is 10.6 Å². The number of fused-ring (bicyclic) bond motifs is 1. The van der Waals surface area contributed by atoms with Crippen molar-refractivity contribution in [2.75, 3.05) is 18.8 Å². The molecule has 5 nitrogen and oxygen atoms in total. The van der Waals surface area contributed by atoms with E-state index in [1.165, 1.54) is 39.8 Å². The van der Waals surface area contributed by atoms with E-state index in [-0.39, 0.29) is 23.0 Å². The van der Waals surface area contributed by atoms with E-state index in [1.807, 2.05) is 27.7 Å². The summed E-state index contributed by atoms with van der Waals surface area (Å²) >= 11 is 2.70. The van der Waals surface area contributed by atoms with Gasteiger partial charge in [0.2, 0.25) is 5.91 Å². The predicted octanol–water partition coefficient (Wildman–Crippen LogP) is 4.16. The van der Waals surface area contributed by atoms with E-state index < -0.39 is 0 Å². The van der Waals surface area contributed by atoms with Crippen molar-refractivity contribution in [3.63, 3.8) is 0 Å². The Bertz CT molecular complexity index is 1070. The summed E-state index contributed by atoms with van der Waals surface area (Å²) < 4.78 is 14.9. The first-order valence-corrected chi connectivity index (χ1v) is 10.9. The number of thiophene rings is 1. The Kier molecular flexibility index (Phi) is 6.20. The van der Waals surface area contributed by atoms with Crippen LogP contribution in [0.25, 0.3) is 15.9 Å². The molecule has 2 aromatic heterocycles. The fourth-order valence-electron chi connectivity index (χ4n) is 2.98. The molecule has 0 radical (unpaired) electrons. The van der Waals surface area contributed by atoms with Crippen LogP contribution in [0, 0.1) is 19.7 Å². The van der Waals surface area contributed by atoms with Crippen molar-refractivity contribution < 1.29 is 9.18 Å². The second kappa shape index (κ2) is 8.45. The average molecular weight is 420 g/mol. The van der Waals surface area contributed by atoms with Crippen LogP contribution in [-0.4, -0.2) is 39.2 Å². The van der Waals surface area contributed by atoms with Crippen LogP contribution in [0.5, 0.6) is 0 Å². The van der Waals surface area contributed by atoms with Crippen LogP contribution < -0.4 is 5.56 Å². The average Bonchev–Trinajstić information content (AvgIpc) is 2.96. The van der Waals surface area contributed by atoms with Crippen molar-refractivity contribution in [1.29, 1.82) is 0 Å². The largest absolute Gasteiger partial charge is 0.343 e. The molecule has 0 spiro atoms. The maximum Gasteiger partial charge on any atom is 0.267 e. The van der Waals surface area contributed by atoms with Gasteiger partial charge in [0.25, 0.3) is 5.56 Å². The van der Waals surface area contributed by atoms with Gasteiger partial charge in [-0.2, -0.15) is 0 Å². The molecule has 148 valence electrons. The van der Waals surface area contributed by atoms with Gasteiger partial charge in [-0.1, -0.05) is 11.8 Å². The first-order chi connectivity index (χ1) is 13.4. The van der Waals surface area contributed by atoms with Crippen molar-refractivity contribution in [3.8, 4) is 5.69 Å². The lowest BCUT2D eigenvalue weighted by molar-refractivity contribution is -0.127. The van der Waals surface area contributed by atoms with Crippen molar-refractivity contribution in [1.82, 2.24) is 14.5 Å². The standard InChI is InChI=1S/C20H22FN3O2S2/c1-5-23(6-2)16(25)11-27-20-22-18-17(12(3)13(4)28-18)19(26)24(20)15-9-7-14(21)8-10-15/h7-10H,5-6,11H2,1-4H3. The van der Waals surface area contributed by atoms with Gasteiger partial charge in [-0.15, -0.1) is 11.3 Å². The molecular formula is C20H22FN3O2S2. The quantitative estimate of drug-likeness (QED) is 0.445. The van der Waals surface area contributed by atoms with Crippen molar-refractivity contribution >= 4 is 39.2 Å². The molecule has 0 saturated heterocycles. The predicted molar refractivity (Wildman–Crippen MR) is 113 cm³/mol. The maximum absolute atomic E-state index is 13.4. The zero-order chi connectivity index (χ0) is 20.4. The van der Waals surface area contributed by atoms with E-state index in [0.717, 1.165) is 10.4 Å². The second-order valence-corrected chi connectivity index (χ2v) is 8.48. The molecule has 0 aliphatic carbocycles. The number of carbonyl (C=O) groups is 1. The zero-order valence-electron chi connectivity index (χ0n) is 16.3. The third kappa shape index (κ3) is 3.84. The summed E-state index contributed by atoms with van der Waals surface area (Å²) in [6.45, 7) is 9.00. The topological polar surface area (TPSA) is 55.2 Å². The van der Waals surface area contributed by atoms with Gasteiger partial charge in [0.15, 0.2) is 5.16 Å². The number of carbonyl (C=O) groups excluding carboxylic acids is 1. The molecule has 1 aromatic carbocycles. The Morgan fingerprint density at radius 3 is 2.46 bits per heavy atom. The molecule has 0 atom stereocenters. The molecule has 0 fully saturated rings. The highest BCUT2D eigenvalue weighted by Crippen LogP contribution is 2.29. The molecule has 0 bridgehead atoms. The van der Waals surface area contributed by atoms with Gasteiger partial charge in [-0.25, -0.2) is 9.37 Å². The lowest BCUT2D eigenvalue weighted by atomic mass is 10.2. The van der Waals surface area contributed by atoms with E-state index in [4.69, 9.17) is 0 Å². The summed E-state index contributed by atoms with van der Waals surface area (Å²) in [7, 11) is 0. The number of benzene rings is 1. The number of thioether (sulfide) groups is 1. The summed E-state index contributed by atoms with van der Waals surface area (Å²) in [6, 6.07) is 5.73. The van der Waals surface area contributed by atoms with E-state index >= 15 is 0 Å². The van der Waals surface area contributed by atoms with Crippen molar-refractivity contribution in [2.45, 2.75) is 32.9 Å². The van der Waals surface area contributed by atoms with E-state index in [9.17, 15) is 14.0 Å². The zero-order valence-corrected chi connectivity index (χ0v) is 17.9. The van der Waals surface area contributed by atoms with Gasteiger partial charge in [-0.05, 0) is 57.5 Å². The van der Waals surface area contributed by atoms with Gasteiger partial charge in [0.05, 0.1) is 16.8 Å². The van der Waals surface area contributed by atoms with Crippen LogP contribution in [0.2, 0.25) is 0 Å². The lowest BCUT2D eigenvalue weighted by Gasteiger charge is -2.18. The third-order valence-corrected chi connectivity index (χ3v) is 6.72. The minimum atomic E-state index is -0.376. The SMILES string of the molecule is CCN(CC)C(=O)CSc1nc2sc(C)c(C)c2c(=O)n1-c1ccc(F)cc1. The van der Waals surface area contributed by atoms with Crippen LogP contribution >= 0.6 is 23.1 Å². The number of rotatable bonds is 6. The molecule has 1 amide bonds.